The Kier molecular flexibility index (Phi) is 4.88. The van der Waals surface area contributed by atoms with Gasteiger partial charge in [0.25, 0.3) is 0 Å². The third-order valence-corrected chi connectivity index (χ3v) is 13.7. The van der Waals surface area contributed by atoms with Crippen molar-refractivity contribution >= 4 is 19.9 Å². The summed E-state index contributed by atoms with van der Waals surface area (Å²) in [5.41, 5.74) is 0.333. The Bertz CT molecular complexity index is 601. The highest BCUT2D eigenvalue weighted by atomic mass is 35.5. The van der Waals surface area contributed by atoms with Gasteiger partial charge >= 0.3 is 0 Å². The molecule has 0 aromatic rings. The first-order chi connectivity index (χ1) is 11.9. The maximum absolute atomic E-state index is 10.7. The van der Waals surface area contributed by atoms with Crippen LogP contribution < -0.4 is 0 Å². The molecule has 1 saturated carbocycles. The van der Waals surface area contributed by atoms with Crippen molar-refractivity contribution in [3.05, 3.63) is 0 Å². The minimum Gasteiger partial charge on any atom is -0.390 e. The highest BCUT2D eigenvalue weighted by Gasteiger charge is 2.76. The van der Waals surface area contributed by atoms with E-state index >= 15 is 0 Å². The van der Waals surface area contributed by atoms with Crippen molar-refractivity contribution in [1.82, 2.24) is 0 Å². The van der Waals surface area contributed by atoms with E-state index in [1.54, 1.807) is 0 Å². The highest BCUT2D eigenvalue weighted by molar-refractivity contribution is 6.77. The Morgan fingerprint density at radius 2 is 1.69 bits per heavy atom. The third kappa shape index (κ3) is 2.48. The van der Waals surface area contributed by atoms with Crippen molar-refractivity contribution in [3.63, 3.8) is 0 Å². The van der Waals surface area contributed by atoms with Crippen molar-refractivity contribution in [1.29, 1.82) is 5.26 Å². The van der Waals surface area contributed by atoms with Gasteiger partial charge in [-0.2, -0.15) is 5.26 Å². The van der Waals surface area contributed by atoms with Crippen LogP contribution in [-0.2, 0) is 13.9 Å². The molecule has 7 heteroatoms. The van der Waals surface area contributed by atoms with Crippen LogP contribution in [0, 0.1) is 17.2 Å². The average Bonchev–Trinajstić information content (AvgIpc) is 2.66. The number of ether oxygens (including phenoxy) is 2. The summed E-state index contributed by atoms with van der Waals surface area (Å²) in [6.07, 6.45) is -0.812. The number of aliphatic hydroxyl groups excluding tert-OH is 1. The van der Waals surface area contributed by atoms with Gasteiger partial charge in [-0.15, -0.1) is 0 Å². The summed E-state index contributed by atoms with van der Waals surface area (Å²) in [6, 6.07) is 2.22. The second kappa shape index (κ2) is 6.17. The first-order valence-corrected chi connectivity index (χ1v) is 12.2. The zero-order valence-corrected chi connectivity index (χ0v) is 18.6. The van der Waals surface area contributed by atoms with Crippen molar-refractivity contribution in [2.24, 2.45) is 5.92 Å². The summed E-state index contributed by atoms with van der Waals surface area (Å²) < 4.78 is 19.4. The van der Waals surface area contributed by atoms with Crippen LogP contribution in [0.3, 0.4) is 0 Å². The molecule has 5 nitrogen and oxygen atoms in total. The molecule has 1 N–H and O–H groups in total. The van der Waals surface area contributed by atoms with Gasteiger partial charge in [0.1, 0.15) is 0 Å². The number of nitrogens with zero attached hydrogens (tertiary/aromatic N) is 1. The molecule has 3 aliphatic rings. The second-order valence-corrected chi connectivity index (χ2v) is 15.5. The lowest BCUT2D eigenvalue weighted by Gasteiger charge is -2.56. The van der Waals surface area contributed by atoms with Gasteiger partial charge < -0.3 is 19.0 Å². The van der Waals surface area contributed by atoms with E-state index in [1.807, 2.05) is 6.92 Å². The van der Waals surface area contributed by atoms with Crippen molar-refractivity contribution < 1.29 is 19.0 Å². The highest BCUT2D eigenvalue weighted by Crippen LogP contribution is 2.64. The van der Waals surface area contributed by atoms with Crippen LogP contribution >= 0.6 is 11.6 Å². The van der Waals surface area contributed by atoms with Gasteiger partial charge in [-0.1, -0.05) is 53.1 Å². The summed E-state index contributed by atoms with van der Waals surface area (Å²) in [4.78, 5) is -1.33. The number of hydrogen-bond acceptors (Lipinski definition) is 5. The first-order valence-electron chi connectivity index (χ1n) is 9.72. The molecule has 3 bridgehead atoms. The Balaban J connectivity index is 2.11. The number of alkyl halides is 1. The van der Waals surface area contributed by atoms with E-state index in [-0.39, 0.29) is 0 Å². The lowest BCUT2D eigenvalue weighted by Crippen LogP contribution is -2.65. The standard InChI is InChI=1S/C19H32ClNO4Si/c1-11(2)26(12(3)4,13(5)6)25-19-9-17(7)15(22)8-14(19)18(20,10-21)16(23-17)24-19/h11-16,22H,8-9H2,1-7H3/t14-,15-,16?,17?,18+,19-/m0/s1. The van der Waals surface area contributed by atoms with Gasteiger partial charge in [0.15, 0.2) is 17.0 Å². The number of hydrogen-bond donors (Lipinski definition) is 1. The summed E-state index contributed by atoms with van der Waals surface area (Å²) in [5, 5.41) is 20.5. The van der Waals surface area contributed by atoms with Crippen LogP contribution in [0.25, 0.3) is 0 Å². The van der Waals surface area contributed by atoms with Crippen LogP contribution in [0.4, 0.5) is 0 Å². The predicted octanol–water partition coefficient (Wildman–Crippen LogP) is 4.29. The topological polar surface area (TPSA) is 71.7 Å². The Hall–Kier alpha value is -0.163. The van der Waals surface area contributed by atoms with Gasteiger partial charge in [0, 0.05) is 6.42 Å². The van der Waals surface area contributed by atoms with E-state index < -0.39 is 42.9 Å². The molecule has 0 amide bonds. The van der Waals surface area contributed by atoms with E-state index in [0.29, 0.717) is 29.5 Å². The SMILES string of the molecule is CC(C)[Si](O[C@]12CC3(C)OC(O1)[C@@](Cl)(C#N)[C@@H]2C[C@@H]3O)(C(C)C)C(C)C. The fourth-order valence-electron chi connectivity index (χ4n) is 5.82. The van der Waals surface area contributed by atoms with E-state index in [9.17, 15) is 10.4 Å². The van der Waals surface area contributed by atoms with Gasteiger partial charge in [-0.05, 0) is 30.0 Å². The Labute approximate surface area is 163 Å². The number of rotatable bonds is 5. The van der Waals surface area contributed by atoms with Gasteiger partial charge in [-0.3, -0.25) is 0 Å². The molecule has 3 fully saturated rings. The largest absolute Gasteiger partial charge is 0.390 e. The number of aliphatic hydroxyl groups is 1. The monoisotopic (exact) mass is 401 g/mol. The number of nitriles is 1. The van der Waals surface area contributed by atoms with Gasteiger partial charge in [-0.25, -0.2) is 0 Å². The smallest absolute Gasteiger partial charge is 0.204 e. The minimum atomic E-state index is -2.28. The molecule has 2 heterocycles. The van der Waals surface area contributed by atoms with Crippen molar-refractivity contribution in [3.8, 4) is 6.07 Å². The molecular formula is C19H32ClNO4Si. The first kappa shape index (κ1) is 20.6. The van der Waals surface area contributed by atoms with Crippen LogP contribution in [0.1, 0.15) is 61.3 Å². The molecule has 3 rings (SSSR count). The van der Waals surface area contributed by atoms with Crippen LogP contribution in [0.5, 0.6) is 0 Å². The third-order valence-electron chi connectivity index (χ3n) is 7.05. The second-order valence-electron chi connectivity index (χ2n) is 9.47. The predicted molar refractivity (Wildman–Crippen MR) is 102 cm³/mol. The van der Waals surface area contributed by atoms with E-state index in [0.717, 1.165) is 0 Å². The molecule has 2 saturated heterocycles. The molecular weight excluding hydrogens is 370 g/mol. The molecule has 0 radical (unpaired) electrons. The zero-order chi connectivity index (χ0) is 19.7. The van der Waals surface area contributed by atoms with E-state index in [1.165, 1.54) is 0 Å². The normalized spacial score (nSPS) is 45.0. The molecule has 2 aliphatic heterocycles. The average molecular weight is 402 g/mol. The lowest BCUT2D eigenvalue weighted by atomic mass is 9.71. The number of halogens is 1. The lowest BCUT2D eigenvalue weighted by molar-refractivity contribution is -0.368. The molecule has 26 heavy (non-hydrogen) atoms. The fourth-order valence-corrected chi connectivity index (χ4v) is 11.7. The van der Waals surface area contributed by atoms with Crippen LogP contribution in [0.2, 0.25) is 16.6 Å². The molecule has 0 spiro atoms. The fraction of sp³-hybridized carbons (Fsp3) is 0.947. The maximum Gasteiger partial charge on any atom is 0.204 e. The van der Waals surface area contributed by atoms with Gasteiger partial charge in [0.05, 0.1) is 23.7 Å². The summed E-state index contributed by atoms with van der Waals surface area (Å²) in [6.45, 7) is 15.2. The zero-order valence-electron chi connectivity index (χ0n) is 16.9. The van der Waals surface area contributed by atoms with Crippen molar-refractivity contribution in [2.75, 3.05) is 0 Å². The molecule has 1 aliphatic carbocycles. The Morgan fingerprint density at radius 3 is 2.15 bits per heavy atom. The van der Waals surface area contributed by atoms with Crippen LogP contribution in [-0.4, -0.2) is 42.1 Å². The molecule has 2 unspecified atom stereocenters. The molecule has 148 valence electrons. The minimum absolute atomic E-state index is 0.350. The number of fused-ring (bicyclic) bond motifs is 2. The molecule has 6 atom stereocenters. The quantitative estimate of drug-likeness (QED) is 0.549. The Morgan fingerprint density at radius 1 is 1.15 bits per heavy atom. The summed E-state index contributed by atoms with van der Waals surface area (Å²) in [5.74, 6) is -1.38. The summed E-state index contributed by atoms with van der Waals surface area (Å²) in [7, 11) is -2.28. The van der Waals surface area contributed by atoms with E-state index in [2.05, 4.69) is 47.6 Å². The maximum atomic E-state index is 10.7. The van der Waals surface area contributed by atoms with Crippen molar-refractivity contribution in [2.45, 2.75) is 107 Å². The molecule has 0 aromatic carbocycles. The van der Waals surface area contributed by atoms with E-state index in [4.69, 9.17) is 25.5 Å². The van der Waals surface area contributed by atoms with Gasteiger partial charge in [0.2, 0.25) is 8.32 Å². The van der Waals surface area contributed by atoms with Crippen LogP contribution in [0.15, 0.2) is 0 Å². The summed E-state index contributed by atoms with van der Waals surface area (Å²) >= 11 is 6.75. The molecule has 0 aromatic heterocycles.